The second kappa shape index (κ2) is 5.59. The van der Waals surface area contributed by atoms with Crippen LogP contribution < -0.4 is 9.47 Å². The zero-order valence-electron chi connectivity index (χ0n) is 9.76. The molecule has 1 heterocycles. The quantitative estimate of drug-likeness (QED) is 0.783. The minimum atomic E-state index is -3.40. The Bertz CT molecular complexity index is 530. The zero-order valence-corrected chi connectivity index (χ0v) is 12.1. The second-order valence-corrected chi connectivity index (χ2v) is 8.21. The van der Waals surface area contributed by atoms with Crippen LogP contribution in [0.1, 0.15) is 17.7 Å². The van der Waals surface area contributed by atoms with Gasteiger partial charge in [-0.2, -0.15) is 11.8 Å². The molecule has 1 unspecified atom stereocenters. The lowest BCUT2D eigenvalue weighted by Gasteiger charge is -2.11. The molecule has 4 nitrogen and oxygen atoms in total. The lowest BCUT2D eigenvalue weighted by molar-refractivity contribution is 0.174. The molecule has 7 heteroatoms. The van der Waals surface area contributed by atoms with E-state index in [0.29, 0.717) is 5.75 Å². The Labute approximate surface area is 115 Å². The average Bonchev–Trinajstić information content (AvgIpc) is 2.73. The van der Waals surface area contributed by atoms with Gasteiger partial charge in [0.1, 0.15) is 0 Å². The summed E-state index contributed by atoms with van der Waals surface area (Å²) in [5.41, 5.74) is 1.08. The summed E-state index contributed by atoms with van der Waals surface area (Å²) < 4.78 is 32.2. The van der Waals surface area contributed by atoms with Crippen molar-refractivity contribution in [3.05, 3.63) is 23.8 Å². The van der Waals surface area contributed by atoms with Crippen LogP contribution in [0.25, 0.3) is 0 Å². The molecule has 1 aliphatic heterocycles. The Balaban J connectivity index is 1.95. The number of benzene rings is 1. The number of rotatable bonds is 5. The van der Waals surface area contributed by atoms with E-state index in [0.717, 1.165) is 17.1 Å². The van der Waals surface area contributed by atoms with Crippen molar-refractivity contribution in [2.75, 3.05) is 18.3 Å². The molecule has 0 N–H and O–H groups in total. The van der Waals surface area contributed by atoms with E-state index >= 15 is 0 Å². The van der Waals surface area contributed by atoms with Crippen molar-refractivity contribution in [2.45, 2.75) is 12.2 Å². The molecule has 0 aromatic heterocycles. The Kier molecular flexibility index (Phi) is 4.29. The van der Waals surface area contributed by atoms with Gasteiger partial charge in [0.25, 0.3) is 0 Å². The summed E-state index contributed by atoms with van der Waals surface area (Å²) in [6.07, 6.45) is 0. The number of ether oxygens (including phenoxy) is 2. The van der Waals surface area contributed by atoms with Crippen LogP contribution in [-0.2, 0) is 9.05 Å². The van der Waals surface area contributed by atoms with Gasteiger partial charge in [0.05, 0.1) is 5.75 Å². The minimum absolute atomic E-state index is 0.0197. The Morgan fingerprint density at radius 2 is 2.11 bits per heavy atom. The van der Waals surface area contributed by atoms with Gasteiger partial charge in [0.2, 0.25) is 15.8 Å². The van der Waals surface area contributed by atoms with Crippen molar-refractivity contribution in [2.24, 2.45) is 0 Å². The largest absolute Gasteiger partial charge is 0.454 e. The van der Waals surface area contributed by atoms with E-state index in [2.05, 4.69) is 0 Å². The maximum absolute atomic E-state index is 10.8. The van der Waals surface area contributed by atoms with Gasteiger partial charge in [-0.05, 0) is 24.6 Å². The molecule has 1 aromatic carbocycles. The second-order valence-electron chi connectivity index (χ2n) is 3.87. The molecule has 18 heavy (non-hydrogen) atoms. The smallest absolute Gasteiger partial charge is 0.233 e. The molecule has 2 rings (SSSR count). The monoisotopic (exact) mass is 308 g/mol. The van der Waals surface area contributed by atoms with Crippen molar-refractivity contribution >= 4 is 31.5 Å². The van der Waals surface area contributed by atoms with Gasteiger partial charge in [-0.1, -0.05) is 6.07 Å². The van der Waals surface area contributed by atoms with Crippen LogP contribution in [0, 0.1) is 0 Å². The molecule has 0 aliphatic carbocycles. The summed E-state index contributed by atoms with van der Waals surface area (Å²) in [7, 11) is 1.76. The molecule has 0 saturated heterocycles. The van der Waals surface area contributed by atoms with E-state index in [-0.39, 0.29) is 17.8 Å². The molecular weight excluding hydrogens is 296 g/mol. The average molecular weight is 309 g/mol. The molecule has 0 saturated carbocycles. The molecule has 0 fully saturated rings. The predicted molar refractivity (Wildman–Crippen MR) is 73.1 cm³/mol. The number of hydrogen-bond donors (Lipinski definition) is 0. The molecule has 0 radical (unpaired) electrons. The van der Waals surface area contributed by atoms with Crippen LogP contribution >= 0.6 is 22.4 Å². The lowest BCUT2D eigenvalue weighted by atomic mass is 10.1. The highest BCUT2D eigenvalue weighted by Crippen LogP contribution is 2.37. The van der Waals surface area contributed by atoms with Crippen molar-refractivity contribution in [3.8, 4) is 11.5 Å². The maximum atomic E-state index is 10.8. The predicted octanol–water partition coefficient (Wildman–Crippen LogP) is 2.78. The van der Waals surface area contributed by atoms with Crippen molar-refractivity contribution < 1.29 is 17.9 Å². The molecule has 100 valence electrons. The summed E-state index contributed by atoms with van der Waals surface area (Å²) in [6, 6.07) is 5.75. The molecule has 1 aliphatic rings. The molecule has 0 amide bonds. The summed E-state index contributed by atoms with van der Waals surface area (Å²) >= 11 is 1.54. The zero-order chi connectivity index (χ0) is 13.2. The first-order valence-corrected chi connectivity index (χ1v) is 8.92. The fourth-order valence-corrected chi connectivity index (χ4v) is 4.03. The van der Waals surface area contributed by atoms with Gasteiger partial charge in [-0.25, -0.2) is 8.42 Å². The summed E-state index contributed by atoms with van der Waals surface area (Å²) in [5, 5.41) is 0.179. The van der Waals surface area contributed by atoms with Gasteiger partial charge in [-0.3, -0.25) is 0 Å². The van der Waals surface area contributed by atoms with Gasteiger partial charge >= 0.3 is 0 Å². The van der Waals surface area contributed by atoms with E-state index in [1.165, 1.54) is 0 Å². The topological polar surface area (TPSA) is 52.6 Å². The fourth-order valence-electron chi connectivity index (χ4n) is 1.59. The first kappa shape index (κ1) is 13.8. The Morgan fingerprint density at radius 1 is 1.39 bits per heavy atom. The van der Waals surface area contributed by atoms with Crippen LogP contribution in [0.15, 0.2) is 18.2 Å². The highest BCUT2D eigenvalue weighted by atomic mass is 35.7. The highest BCUT2D eigenvalue weighted by molar-refractivity contribution is 8.14. The summed E-state index contributed by atoms with van der Waals surface area (Å²) in [4.78, 5) is 0. The summed E-state index contributed by atoms with van der Waals surface area (Å²) in [6.45, 7) is 2.27. The van der Waals surface area contributed by atoms with Crippen LogP contribution in [0.2, 0.25) is 0 Å². The van der Waals surface area contributed by atoms with Gasteiger partial charge in [-0.15, -0.1) is 0 Å². The van der Waals surface area contributed by atoms with Crippen molar-refractivity contribution in [1.82, 2.24) is 0 Å². The first-order chi connectivity index (χ1) is 8.46. The molecular formula is C11H13ClO4S2. The lowest BCUT2D eigenvalue weighted by Crippen LogP contribution is -2.01. The number of halogens is 1. The highest BCUT2D eigenvalue weighted by Gasteiger charge is 2.16. The van der Waals surface area contributed by atoms with Crippen LogP contribution in [0.5, 0.6) is 11.5 Å². The van der Waals surface area contributed by atoms with E-state index in [9.17, 15) is 8.42 Å². The molecule has 0 spiro atoms. The summed E-state index contributed by atoms with van der Waals surface area (Å²) in [5.74, 6) is 1.94. The number of thioether (sulfide) groups is 1. The fraction of sp³-hybridized carbons (Fsp3) is 0.455. The van der Waals surface area contributed by atoms with E-state index < -0.39 is 9.05 Å². The standard InChI is InChI=1S/C11H13ClO4S2/c1-8(17-4-5-18(12,13)14)9-2-3-10-11(6-9)16-7-15-10/h2-3,6,8H,4-5,7H2,1H3. The van der Waals surface area contributed by atoms with Crippen LogP contribution in [0.4, 0.5) is 0 Å². The van der Waals surface area contributed by atoms with Gasteiger partial charge < -0.3 is 9.47 Å². The molecule has 0 bridgehead atoms. The number of hydrogen-bond acceptors (Lipinski definition) is 5. The van der Waals surface area contributed by atoms with Crippen molar-refractivity contribution in [1.29, 1.82) is 0 Å². The SMILES string of the molecule is CC(SCCS(=O)(=O)Cl)c1ccc2c(c1)OCO2. The minimum Gasteiger partial charge on any atom is -0.454 e. The normalized spacial score (nSPS) is 15.7. The molecule has 1 aromatic rings. The maximum Gasteiger partial charge on any atom is 0.233 e. The van der Waals surface area contributed by atoms with E-state index in [4.69, 9.17) is 20.2 Å². The van der Waals surface area contributed by atoms with E-state index in [1.54, 1.807) is 11.8 Å². The third-order valence-electron chi connectivity index (χ3n) is 2.56. The van der Waals surface area contributed by atoms with Crippen LogP contribution in [0.3, 0.4) is 0 Å². The third-order valence-corrected chi connectivity index (χ3v) is 5.19. The van der Waals surface area contributed by atoms with Gasteiger partial charge in [0, 0.05) is 21.7 Å². The third kappa shape index (κ3) is 3.70. The van der Waals surface area contributed by atoms with E-state index in [1.807, 2.05) is 25.1 Å². The Morgan fingerprint density at radius 3 is 2.83 bits per heavy atom. The first-order valence-electron chi connectivity index (χ1n) is 5.39. The molecule has 1 atom stereocenters. The van der Waals surface area contributed by atoms with Crippen LogP contribution in [-0.4, -0.2) is 26.7 Å². The van der Waals surface area contributed by atoms with Gasteiger partial charge in [0.15, 0.2) is 11.5 Å². The Hall–Kier alpha value is -0.590. The van der Waals surface area contributed by atoms with Crippen molar-refractivity contribution in [3.63, 3.8) is 0 Å². The number of fused-ring (bicyclic) bond motifs is 1.